The van der Waals surface area contributed by atoms with Gasteiger partial charge < -0.3 is 5.32 Å². The fraction of sp³-hybridized carbons (Fsp3) is 0.769. The van der Waals surface area contributed by atoms with Crippen molar-refractivity contribution in [2.45, 2.75) is 53.8 Å². The zero-order valence-corrected chi connectivity index (χ0v) is 11.7. The van der Waals surface area contributed by atoms with E-state index in [0.29, 0.717) is 6.04 Å². The maximum atomic E-state index is 12.0. The molecule has 0 aliphatic rings. The van der Waals surface area contributed by atoms with E-state index in [0.717, 1.165) is 19.6 Å². The van der Waals surface area contributed by atoms with E-state index >= 15 is 0 Å². The maximum absolute atomic E-state index is 12.0. The fourth-order valence-electron chi connectivity index (χ4n) is 1.92. The Morgan fingerprint density at radius 3 is 2.24 bits per heavy atom. The molecule has 0 fully saturated rings. The Labute approximate surface area is 104 Å². The molecule has 1 unspecified atom stereocenters. The minimum Gasteiger partial charge on any atom is -0.312 e. The van der Waals surface area contributed by atoms with E-state index in [2.05, 4.69) is 33.0 Å². The van der Waals surface area contributed by atoms with Gasteiger partial charge in [-0.3, -0.25) is 9.13 Å². The molecular formula is C13H25N3O. The van der Waals surface area contributed by atoms with E-state index in [4.69, 9.17) is 0 Å². The molecule has 1 aromatic rings. The second-order valence-corrected chi connectivity index (χ2v) is 5.50. The summed E-state index contributed by atoms with van der Waals surface area (Å²) in [6, 6.07) is 0.304. The van der Waals surface area contributed by atoms with Gasteiger partial charge in [-0.15, -0.1) is 0 Å². The number of aromatic nitrogens is 2. The van der Waals surface area contributed by atoms with Gasteiger partial charge in [-0.25, -0.2) is 4.79 Å². The molecular weight excluding hydrogens is 214 g/mol. The van der Waals surface area contributed by atoms with Gasteiger partial charge >= 0.3 is 5.69 Å². The highest BCUT2D eigenvalue weighted by molar-refractivity contribution is 4.87. The predicted molar refractivity (Wildman–Crippen MR) is 71.3 cm³/mol. The number of rotatable bonds is 5. The van der Waals surface area contributed by atoms with E-state index in [1.54, 1.807) is 9.13 Å². The number of nitrogens with one attached hydrogen (secondary N) is 1. The summed E-state index contributed by atoms with van der Waals surface area (Å²) in [4.78, 5) is 12.0. The average molecular weight is 239 g/mol. The van der Waals surface area contributed by atoms with E-state index in [1.807, 2.05) is 19.3 Å². The minimum absolute atomic E-state index is 0.0830. The first-order valence-electron chi connectivity index (χ1n) is 6.39. The summed E-state index contributed by atoms with van der Waals surface area (Å²) < 4.78 is 3.52. The third-order valence-corrected chi connectivity index (χ3v) is 3.13. The van der Waals surface area contributed by atoms with Gasteiger partial charge in [0, 0.05) is 31.5 Å². The lowest BCUT2D eigenvalue weighted by atomic mass is 9.86. The van der Waals surface area contributed by atoms with Crippen molar-refractivity contribution >= 4 is 0 Å². The fourth-order valence-corrected chi connectivity index (χ4v) is 1.92. The molecule has 0 amide bonds. The lowest BCUT2D eigenvalue weighted by molar-refractivity contribution is 0.243. The normalized spacial score (nSPS) is 13.9. The van der Waals surface area contributed by atoms with Gasteiger partial charge in [0.1, 0.15) is 0 Å². The van der Waals surface area contributed by atoms with Crippen molar-refractivity contribution in [2.24, 2.45) is 5.41 Å². The standard InChI is InChI=1S/C13H25N3O/c1-6-14-11(13(3,4)5)10-16-9-8-15(7-2)12(16)17/h8-9,11,14H,6-7,10H2,1-5H3. The van der Waals surface area contributed by atoms with E-state index in [-0.39, 0.29) is 11.1 Å². The summed E-state index contributed by atoms with van der Waals surface area (Å²) >= 11 is 0. The Morgan fingerprint density at radius 2 is 1.82 bits per heavy atom. The number of hydrogen-bond donors (Lipinski definition) is 1. The molecule has 0 saturated heterocycles. The quantitative estimate of drug-likeness (QED) is 0.849. The van der Waals surface area contributed by atoms with Gasteiger partial charge in [0.2, 0.25) is 0 Å². The zero-order chi connectivity index (χ0) is 13.1. The van der Waals surface area contributed by atoms with Crippen LogP contribution < -0.4 is 11.0 Å². The Bertz CT molecular complexity index is 398. The topological polar surface area (TPSA) is 39.0 Å². The summed E-state index contributed by atoms with van der Waals surface area (Å²) in [5, 5.41) is 3.46. The monoisotopic (exact) mass is 239 g/mol. The molecule has 4 nitrogen and oxygen atoms in total. The summed E-state index contributed by atoms with van der Waals surface area (Å²) in [7, 11) is 0. The van der Waals surface area contributed by atoms with Crippen LogP contribution in [-0.2, 0) is 13.1 Å². The van der Waals surface area contributed by atoms with Crippen LogP contribution in [0, 0.1) is 5.41 Å². The second kappa shape index (κ2) is 5.54. The van der Waals surface area contributed by atoms with Crippen molar-refractivity contribution in [1.29, 1.82) is 0 Å². The molecule has 1 rings (SSSR count). The molecule has 1 heterocycles. The van der Waals surface area contributed by atoms with E-state index < -0.39 is 0 Å². The SMILES string of the molecule is CCNC(Cn1ccn(CC)c1=O)C(C)(C)C. The van der Waals surface area contributed by atoms with E-state index in [1.165, 1.54) is 0 Å². The highest BCUT2D eigenvalue weighted by atomic mass is 16.1. The van der Waals surface area contributed by atoms with Crippen molar-refractivity contribution < 1.29 is 0 Å². The molecule has 0 saturated carbocycles. The smallest absolute Gasteiger partial charge is 0.312 e. The molecule has 1 N–H and O–H groups in total. The third-order valence-electron chi connectivity index (χ3n) is 3.13. The Balaban J connectivity index is 2.86. The molecule has 98 valence electrons. The van der Waals surface area contributed by atoms with Gasteiger partial charge in [0.25, 0.3) is 0 Å². The summed E-state index contributed by atoms with van der Waals surface area (Å²) in [6.45, 7) is 13.0. The third kappa shape index (κ3) is 3.46. The molecule has 0 aliphatic carbocycles. The van der Waals surface area contributed by atoms with Crippen LogP contribution in [0.15, 0.2) is 17.2 Å². The van der Waals surface area contributed by atoms with Crippen molar-refractivity contribution in [2.75, 3.05) is 6.54 Å². The van der Waals surface area contributed by atoms with E-state index in [9.17, 15) is 4.79 Å². The van der Waals surface area contributed by atoms with Crippen molar-refractivity contribution in [3.63, 3.8) is 0 Å². The summed E-state index contributed by atoms with van der Waals surface area (Å²) in [5.41, 5.74) is 0.226. The molecule has 4 heteroatoms. The first-order valence-corrected chi connectivity index (χ1v) is 6.39. The Morgan fingerprint density at radius 1 is 1.24 bits per heavy atom. The first-order chi connectivity index (χ1) is 7.90. The van der Waals surface area contributed by atoms with Crippen molar-refractivity contribution in [1.82, 2.24) is 14.5 Å². The molecule has 0 bridgehead atoms. The number of nitrogens with zero attached hydrogens (tertiary/aromatic N) is 2. The van der Waals surface area contributed by atoms with Crippen molar-refractivity contribution in [3.8, 4) is 0 Å². The Kier molecular flexibility index (Phi) is 4.57. The molecule has 17 heavy (non-hydrogen) atoms. The van der Waals surface area contributed by atoms with Gasteiger partial charge in [0.15, 0.2) is 0 Å². The first kappa shape index (κ1) is 14.0. The highest BCUT2D eigenvalue weighted by Crippen LogP contribution is 2.20. The molecule has 0 aromatic carbocycles. The van der Waals surface area contributed by atoms with Gasteiger partial charge in [-0.1, -0.05) is 27.7 Å². The van der Waals surface area contributed by atoms with Crippen LogP contribution in [0.5, 0.6) is 0 Å². The van der Waals surface area contributed by atoms with Gasteiger partial charge in [-0.05, 0) is 18.9 Å². The number of hydrogen-bond acceptors (Lipinski definition) is 2. The Hall–Kier alpha value is -1.03. The lowest BCUT2D eigenvalue weighted by Gasteiger charge is -2.31. The number of aryl methyl sites for hydroxylation is 1. The van der Waals surface area contributed by atoms with Gasteiger partial charge in [0.05, 0.1) is 0 Å². The zero-order valence-electron chi connectivity index (χ0n) is 11.7. The molecule has 1 aromatic heterocycles. The van der Waals surface area contributed by atoms with Crippen LogP contribution in [0.2, 0.25) is 0 Å². The lowest BCUT2D eigenvalue weighted by Crippen LogP contribution is -2.45. The second-order valence-electron chi connectivity index (χ2n) is 5.50. The average Bonchev–Trinajstić information content (AvgIpc) is 2.58. The molecule has 0 radical (unpaired) electrons. The number of likely N-dealkylation sites (N-methyl/N-ethyl adjacent to an activating group) is 1. The molecule has 0 aliphatic heterocycles. The highest BCUT2D eigenvalue weighted by Gasteiger charge is 2.24. The molecule has 0 spiro atoms. The van der Waals surface area contributed by atoms with Crippen LogP contribution in [-0.4, -0.2) is 21.7 Å². The number of imidazole rings is 1. The van der Waals surface area contributed by atoms with Gasteiger partial charge in [-0.2, -0.15) is 0 Å². The summed E-state index contributed by atoms with van der Waals surface area (Å²) in [5.74, 6) is 0. The predicted octanol–water partition coefficient (Wildman–Crippen LogP) is 1.69. The maximum Gasteiger partial charge on any atom is 0.328 e. The minimum atomic E-state index is 0.0830. The largest absolute Gasteiger partial charge is 0.328 e. The van der Waals surface area contributed by atoms with Crippen LogP contribution in [0.25, 0.3) is 0 Å². The van der Waals surface area contributed by atoms with Crippen molar-refractivity contribution in [3.05, 3.63) is 22.9 Å². The summed E-state index contributed by atoms with van der Waals surface area (Å²) in [6.07, 6.45) is 3.73. The van der Waals surface area contributed by atoms with Crippen LogP contribution in [0.4, 0.5) is 0 Å². The van der Waals surface area contributed by atoms with Crippen LogP contribution >= 0.6 is 0 Å². The van der Waals surface area contributed by atoms with Crippen LogP contribution in [0.3, 0.4) is 0 Å². The molecule has 1 atom stereocenters. The van der Waals surface area contributed by atoms with Crippen LogP contribution in [0.1, 0.15) is 34.6 Å².